The van der Waals surface area contributed by atoms with Crippen molar-refractivity contribution in [2.75, 3.05) is 19.6 Å². The molecule has 1 aliphatic heterocycles. The monoisotopic (exact) mass is 509 g/mol. The summed E-state index contributed by atoms with van der Waals surface area (Å²) >= 11 is 0. The number of β-amino-alcohol motifs (C(OH)–C–C–N with tert-alkyl or cyclic N) is 1. The van der Waals surface area contributed by atoms with Crippen LogP contribution in [0.3, 0.4) is 0 Å². The quantitative estimate of drug-likeness (QED) is 0.271. The van der Waals surface area contributed by atoms with Gasteiger partial charge in [-0.1, -0.05) is 42.5 Å². The summed E-state index contributed by atoms with van der Waals surface area (Å²) < 4.78 is 5.40. The standard InChI is InChI=1S/C22H27N3O3.HI/c1-2-23-22(25-12-11-20(26)15-25)24-14-18-9-6-10-19(13-18)21(27)28-16-17-7-4-3-5-8-17;/h3-10,13,20,26H,2,11-12,14-16H2,1H3,(H,23,24);1H/t20-;/m1./s1. The van der Waals surface area contributed by atoms with Crippen LogP contribution in [0.1, 0.15) is 34.8 Å². The molecular formula is C22H28IN3O3. The van der Waals surface area contributed by atoms with Crippen molar-refractivity contribution in [1.29, 1.82) is 0 Å². The second kappa shape index (κ2) is 11.8. The van der Waals surface area contributed by atoms with Crippen molar-refractivity contribution in [2.45, 2.75) is 32.6 Å². The number of hydrogen-bond donors (Lipinski definition) is 2. The van der Waals surface area contributed by atoms with E-state index in [1.165, 1.54) is 0 Å². The maximum atomic E-state index is 12.3. The molecule has 1 saturated heterocycles. The third kappa shape index (κ3) is 7.01. The molecule has 29 heavy (non-hydrogen) atoms. The number of rotatable bonds is 6. The number of hydrogen-bond acceptors (Lipinski definition) is 4. The molecule has 6 nitrogen and oxygen atoms in total. The number of aliphatic hydroxyl groups excluding tert-OH is 1. The van der Waals surface area contributed by atoms with E-state index < -0.39 is 0 Å². The number of aliphatic hydroxyl groups is 1. The minimum Gasteiger partial charge on any atom is -0.457 e. The van der Waals surface area contributed by atoms with Crippen LogP contribution in [0.15, 0.2) is 59.6 Å². The van der Waals surface area contributed by atoms with Crippen molar-refractivity contribution < 1.29 is 14.6 Å². The average Bonchev–Trinajstić information content (AvgIpc) is 3.16. The van der Waals surface area contributed by atoms with Crippen LogP contribution in [-0.4, -0.2) is 47.7 Å². The summed E-state index contributed by atoms with van der Waals surface area (Å²) in [7, 11) is 0. The van der Waals surface area contributed by atoms with Gasteiger partial charge in [-0.25, -0.2) is 9.79 Å². The van der Waals surface area contributed by atoms with Gasteiger partial charge in [0.05, 0.1) is 18.2 Å². The number of nitrogens with one attached hydrogen (secondary N) is 1. The first-order valence-corrected chi connectivity index (χ1v) is 9.67. The van der Waals surface area contributed by atoms with Gasteiger partial charge in [0, 0.05) is 19.6 Å². The Morgan fingerprint density at radius 3 is 2.66 bits per heavy atom. The third-order valence-electron chi connectivity index (χ3n) is 4.58. The molecule has 2 aromatic rings. The summed E-state index contributed by atoms with van der Waals surface area (Å²) in [5.41, 5.74) is 2.41. The van der Waals surface area contributed by atoms with Gasteiger partial charge in [0.1, 0.15) is 6.61 Å². The Balaban J connectivity index is 0.00000300. The highest BCUT2D eigenvalue weighted by Crippen LogP contribution is 2.12. The Morgan fingerprint density at radius 2 is 1.97 bits per heavy atom. The molecule has 7 heteroatoms. The fourth-order valence-corrected chi connectivity index (χ4v) is 3.13. The van der Waals surface area contributed by atoms with E-state index in [9.17, 15) is 9.90 Å². The lowest BCUT2D eigenvalue weighted by Gasteiger charge is -2.21. The lowest BCUT2D eigenvalue weighted by molar-refractivity contribution is 0.0472. The van der Waals surface area contributed by atoms with Gasteiger partial charge in [-0.2, -0.15) is 0 Å². The van der Waals surface area contributed by atoms with Gasteiger partial charge in [-0.15, -0.1) is 24.0 Å². The number of guanidine groups is 1. The van der Waals surface area contributed by atoms with Crippen molar-refractivity contribution >= 4 is 35.9 Å². The summed E-state index contributed by atoms with van der Waals surface area (Å²) in [6.07, 6.45) is 0.458. The van der Waals surface area contributed by atoms with E-state index in [0.29, 0.717) is 18.7 Å². The Hall–Kier alpha value is -2.13. The largest absolute Gasteiger partial charge is 0.457 e. The Labute approximate surface area is 189 Å². The Kier molecular flexibility index (Phi) is 9.40. The highest BCUT2D eigenvalue weighted by molar-refractivity contribution is 14.0. The fourth-order valence-electron chi connectivity index (χ4n) is 3.13. The average molecular weight is 509 g/mol. The minimum atomic E-state index is -0.343. The first-order valence-electron chi connectivity index (χ1n) is 9.67. The lowest BCUT2D eigenvalue weighted by atomic mass is 10.1. The highest BCUT2D eigenvalue weighted by Gasteiger charge is 2.22. The summed E-state index contributed by atoms with van der Waals surface area (Å²) in [5.74, 6) is 0.445. The molecule has 0 bridgehead atoms. The summed E-state index contributed by atoms with van der Waals surface area (Å²) in [4.78, 5) is 19.1. The summed E-state index contributed by atoms with van der Waals surface area (Å²) in [6, 6.07) is 17.0. The van der Waals surface area contributed by atoms with Crippen molar-refractivity contribution in [1.82, 2.24) is 10.2 Å². The molecule has 156 valence electrons. The normalized spacial score (nSPS) is 16.3. The Morgan fingerprint density at radius 1 is 1.21 bits per heavy atom. The van der Waals surface area contributed by atoms with Crippen LogP contribution in [0.2, 0.25) is 0 Å². The topological polar surface area (TPSA) is 74.2 Å². The SMILES string of the molecule is CCNC(=NCc1cccc(C(=O)OCc2ccccc2)c1)N1CC[C@@H](O)C1.I. The number of likely N-dealkylation sites (tertiary alicyclic amines) is 1. The van der Waals surface area contributed by atoms with Crippen LogP contribution < -0.4 is 5.32 Å². The number of carbonyl (C=O) groups is 1. The third-order valence-corrected chi connectivity index (χ3v) is 4.58. The molecule has 3 rings (SSSR count). The van der Waals surface area contributed by atoms with Gasteiger partial charge in [0.25, 0.3) is 0 Å². The second-order valence-corrected chi connectivity index (χ2v) is 6.82. The maximum absolute atomic E-state index is 12.3. The van der Waals surface area contributed by atoms with Crippen LogP contribution >= 0.6 is 24.0 Å². The molecular weight excluding hydrogens is 481 g/mol. The van der Waals surface area contributed by atoms with Crippen LogP contribution in [0.4, 0.5) is 0 Å². The van der Waals surface area contributed by atoms with Gasteiger partial charge in [0.15, 0.2) is 5.96 Å². The summed E-state index contributed by atoms with van der Waals surface area (Å²) in [6.45, 7) is 4.87. The molecule has 0 saturated carbocycles. The number of aliphatic imine (C=N–C) groups is 1. The van der Waals surface area contributed by atoms with Gasteiger partial charge in [-0.3, -0.25) is 0 Å². The van der Waals surface area contributed by atoms with Gasteiger partial charge in [0.2, 0.25) is 0 Å². The molecule has 0 spiro atoms. The number of ether oxygens (including phenoxy) is 1. The zero-order chi connectivity index (χ0) is 19.8. The van der Waals surface area contributed by atoms with E-state index in [0.717, 1.165) is 36.6 Å². The number of carbonyl (C=O) groups excluding carboxylic acids is 1. The predicted octanol–water partition coefficient (Wildman–Crippen LogP) is 3.19. The minimum absolute atomic E-state index is 0. The first kappa shape index (κ1) is 23.2. The number of nitrogens with zero attached hydrogens (tertiary/aromatic N) is 2. The van der Waals surface area contributed by atoms with Crippen molar-refractivity contribution in [2.24, 2.45) is 4.99 Å². The zero-order valence-corrected chi connectivity index (χ0v) is 18.9. The molecule has 1 fully saturated rings. The molecule has 0 aromatic heterocycles. The number of esters is 1. The van der Waals surface area contributed by atoms with E-state index in [-0.39, 0.29) is 42.7 Å². The molecule has 0 unspecified atom stereocenters. The second-order valence-electron chi connectivity index (χ2n) is 6.82. The fraction of sp³-hybridized carbons (Fsp3) is 0.364. The predicted molar refractivity (Wildman–Crippen MR) is 124 cm³/mol. The molecule has 1 aliphatic rings. The molecule has 1 heterocycles. The maximum Gasteiger partial charge on any atom is 0.338 e. The van der Waals surface area contributed by atoms with Crippen LogP contribution in [0, 0.1) is 0 Å². The molecule has 0 aliphatic carbocycles. The van der Waals surface area contributed by atoms with E-state index in [1.807, 2.05) is 55.5 Å². The van der Waals surface area contributed by atoms with Crippen molar-refractivity contribution in [3.8, 4) is 0 Å². The number of halogens is 1. The lowest BCUT2D eigenvalue weighted by Crippen LogP contribution is -2.40. The highest BCUT2D eigenvalue weighted by atomic mass is 127. The first-order chi connectivity index (χ1) is 13.7. The van der Waals surface area contributed by atoms with Gasteiger partial charge in [-0.05, 0) is 36.6 Å². The van der Waals surface area contributed by atoms with E-state index in [1.54, 1.807) is 6.07 Å². The smallest absolute Gasteiger partial charge is 0.338 e. The van der Waals surface area contributed by atoms with E-state index in [2.05, 4.69) is 15.2 Å². The number of benzene rings is 2. The summed E-state index contributed by atoms with van der Waals surface area (Å²) in [5, 5.41) is 13.0. The Bertz CT molecular complexity index is 814. The van der Waals surface area contributed by atoms with Crippen molar-refractivity contribution in [3.63, 3.8) is 0 Å². The van der Waals surface area contributed by atoms with Crippen LogP contribution in [0.5, 0.6) is 0 Å². The van der Waals surface area contributed by atoms with E-state index >= 15 is 0 Å². The van der Waals surface area contributed by atoms with Crippen LogP contribution in [0.25, 0.3) is 0 Å². The van der Waals surface area contributed by atoms with Crippen molar-refractivity contribution in [3.05, 3.63) is 71.3 Å². The molecule has 0 radical (unpaired) electrons. The zero-order valence-electron chi connectivity index (χ0n) is 16.6. The van der Waals surface area contributed by atoms with E-state index in [4.69, 9.17) is 4.74 Å². The molecule has 2 aromatic carbocycles. The molecule has 0 amide bonds. The van der Waals surface area contributed by atoms with Crippen LogP contribution in [-0.2, 0) is 17.9 Å². The molecule has 2 N–H and O–H groups in total. The van der Waals surface area contributed by atoms with Gasteiger partial charge < -0.3 is 20.1 Å². The molecule has 1 atom stereocenters. The van der Waals surface area contributed by atoms with Gasteiger partial charge >= 0.3 is 5.97 Å².